The molecule has 0 heterocycles. The largest absolute Gasteiger partial charge is 0.466 e. The SMILES string of the molecule is CCCCCCCCOS(=O)(=O)OCCCCCCCC.O=P(O)(O)O.[Zn]. The van der Waals surface area contributed by atoms with Gasteiger partial charge in [-0.3, -0.25) is 0 Å². The van der Waals surface area contributed by atoms with Crippen LogP contribution in [0, 0.1) is 0 Å². The van der Waals surface area contributed by atoms with Gasteiger partial charge in [0.05, 0.1) is 13.2 Å². The summed E-state index contributed by atoms with van der Waals surface area (Å²) in [7, 11) is -8.42. The first kappa shape index (κ1) is 32.3. The second kappa shape index (κ2) is 21.3. The third kappa shape index (κ3) is 37.9. The van der Waals surface area contributed by atoms with Crippen molar-refractivity contribution in [2.24, 2.45) is 0 Å². The Balaban J connectivity index is -0.000000844. The summed E-state index contributed by atoms with van der Waals surface area (Å²) in [6, 6.07) is 0. The molecule has 0 atom stereocenters. The molecular formula is C16H37O8PSZn. The van der Waals surface area contributed by atoms with Crippen LogP contribution in [0.1, 0.15) is 90.9 Å². The molecule has 0 saturated heterocycles. The normalized spacial score (nSPS) is 11.4. The van der Waals surface area contributed by atoms with Gasteiger partial charge >= 0.3 is 18.2 Å². The average Bonchev–Trinajstić information content (AvgIpc) is 2.51. The van der Waals surface area contributed by atoms with Crippen molar-refractivity contribution in [1.29, 1.82) is 0 Å². The third-order valence-corrected chi connectivity index (χ3v) is 4.36. The second-order valence-corrected chi connectivity index (χ2v) is 8.42. The molecule has 8 nitrogen and oxygen atoms in total. The topological polar surface area (TPSA) is 130 Å². The fourth-order valence-electron chi connectivity index (χ4n) is 2.12. The predicted molar refractivity (Wildman–Crippen MR) is 102 cm³/mol. The molecule has 0 amide bonds. The Morgan fingerprint density at radius 2 is 0.926 bits per heavy atom. The first-order valence-electron chi connectivity index (χ1n) is 9.44. The molecule has 3 N–H and O–H groups in total. The van der Waals surface area contributed by atoms with E-state index in [2.05, 4.69) is 13.8 Å². The van der Waals surface area contributed by atoms with Gasteiger partial charge in [0.1, 0.15) is 0 Å². The summed E-state index contributed by atoms with van der Waals surface area (Å²) in [5.41, 5.74) is 0. The Morgan fingerprint density at radius 3 is 1.22 bits per heavy atom. The minimum Gasteiger partial charge on any atom is -0.303 e. The molecule has 11 heteroatoms. The fourth-order valence-corrected chi connectivity index (χ4v) is 2.83. The van der Waals surface area contributed by atoms with E-state index in [9.17, 15) is 8.42 Å². The third-order valence-electron chi connectivity index (χ3n) is 3.45. The van der Waals surface area contributed by atoms with Crippen LogP contribution >= 0.6 is 7.82 Å². The van der Waals surface area contributed by atoms with Crippen LogP contribution in [0.25, 0.3) is 0 Å². The maximum absolute atomic E-state index is 11.5. The molecule has 0 aromatic rings. The summed E-state index contributed by atoms with van der Waals surface area (Å²) in [5, 5.41) is 0. The van der Waals surface area contributed by atoms with Gasteiger partial charge in [-0.2, -0.15) is 8.42 Å². The fraction of sp³-hybridized carbons (Fsp3) is 1.00. The molecule has 0 aliphatic rings. The van der Waals surface area contributed by atoms with Gasteiger partial charge in [-0.15, -0.1) is 0 Å². The molecule has 0 aliphatic carbocycles. The van der Waals surface area contributed by atoms with Crippen molar-refractivity contribution in [2.45, 2.75) is 90.9 Å². The summed E-state index contributed by atoms with van der Waals surface area (Å²) in [5.74, 6) is 0. The van der Waals surface area contributed by atoms with Crippen LogP contribution in [-0.4, -0.2) is 36.3 Å². The monoisotopic (exact) mass is 484 g/mol. The van der Waals surface area contributed by atoms with Crippen LogP contribution in [0.4, 0.5) is 0 Å². The van der Waals surface area contributed by atoms with Crippen molar-refractivity contribution in [2.75, 3.05) is 13.2 Å². The number of hydrogen-bond acceptors (Lipinski definition) is 5. The molecule has 0 aromatic heterocycles. The number of rotatable bonds is 16. The van der Waals surface area contributed by atoms with E-state index in [1.165, 1.54) is 38.5 Å². The van der Waals surface area contributed by atoms with E-state index in [1.54, 1.807) is 0 Å². The van der Waals surface area contributed by atoms with Crippen LogP contribution in [-0.2, 0) is 42.8 Å². The summed E-state index contributed by atoms with van der Waals surface area (Å²) < 4.78 is 41.5. The van der Waals surface area contributed by atoms with Gasteiger partial charge in [-0.1, -0.05) is 78.1 Å². The Hall–Kier alpha value is 0.603. The molecule has 0 unspecified atom stereocenters. The van der Waals surface area contributed by atoms with Crippen molar-refractivity contribution >= 4 is 18.2 Å². The average molecular weight is 486 g/mol. The molecule has 0 radical (unpaired) electrons. The van der Waals surface area contributed by atoms with Gasteiger partial charge in [0.25, 0.3) is 0 Å². The van der Waals surface area contributed by atoms with Gasteiger partial charge in [0, 0.05) is 19.5 Å². The molecule has 162 valence electrons. The van der Waals surface area contributed by atoms with Crippen molar-refractivity contribution in [1.82, 2.24) is 0 Å². The van der Waals surface area contributed by atoms with Gasteiger partial charge in [-0.05, 0) is 12.8 Å². The van der Waals surface area contributed by atoms with Crippen molar-refractivity contribution in [3.05, 3.63) is 0 Å². The number of hydrogen-bond donors (Lipinski definition) is 3. The van der Waals surface area contributed by atoms with Crippen molar-refractivity contribution < 1.29 is 55.5 Å². The minimum atomic E-state index is -4.64. The van der Waals surface area contributed by atoms with Crippen molar-refractivity contribution in [3.8, 4) is 0 Å². The van der Waals surface area contributed by atoms with Gasteiger partial charge in [0.15, 0.2) is 0 Å². The molecule has 0 saturated carbocycles. The molecular weight excluding hydrogens is 449 g/mol. The molecule has 0 bridgehead atoms. The predicted octanol–water partition coefficient (Wildman–Crippen LogP) is 4.05. The quantitative estimate of drug-likeness (QED) is 0.169. The van der Waals surface area contributed by atoms with E-state index in [4.69, 9.17) is 27.6 Å². The Morgan fingerprint density at radius 1 is 0.667 bits per heavy atom. The van der Waals surface area contributed by atoms with Crippen LogP contribution in [0.5, 0.6) is 0 Å². The van der Waals surface area contributed by atoms with E-state index in [0.29, 0.717) is 0 Å². The maximum Gasteiger partial charge on any atom is 0.466 e. The van der Waals surface area contributed by atoms with E-state index < -0.39 is 18.2 Å². The summed E-state index contributed by atoms with van der Waals surface area (Å²) in [4.78, 5) is 21.6. The zero-order valence-electron chi connectivity index (χ0n) is 16.8. The Labute approximate surface area is 177 Å². The Kier molecular flexibility index (Phi) is 25.5. The number of phosphoric acid groups is 1. The molecule has 0 fully saturated rings. The molecule has 0 spiro atoms. The van der Waals surface area contributed by atoms with Gasteiger partial charge in [0.2, 0.25) is 0 Å². The standard InChI is InChI=1S/C16H34O4S.H3O4P.Zn/c1-3-5-7-9-11-13-15-19-21(17,18)20-16-14-12-10-8-6-4-2;1-5(2,3)4;/h3-16H2,1-2H3;(H3,1,2,3,4);. The van der Waals surface area contributed by atoms with Crippen LogP contribution in [0.3, 0.4) is 0 Å². The minimum absolute atomic E-state index is 0. The maximum atomic E-state index is 11.5. The van der Waals surface area contributed by atoms with Gasteiger partial charge in [-0.25, -0.2) is 12.9 Å². The van der Waals surface area contributed by atoms with E-state index in [0.717, 1.165) is 38.5 Å². The van der Waals surface area contributed by atoms with Gasteiger partial charge < -0.3 is 14.7 Å². The smallest absolute Gasteiger partial charge is 0.303 e. The van der Waals surface area contributed by atoms with E-state index >= 15 is 0 Å². The van der Waals surface area contributed by atoms with E-state index in [-0.39, 0.29) is 32.7 Å². The molecule has 0 rings (SSSR count). The molecule has 27 heavy (non-hydrogen) atoms. The Bertz CT molecular complexity index is 409. The van der Waals surface area contributed by atoms with Crippen molar-refractivity contribution in [3.63, 3.8) is 0 Å². The summed E-state index contributed by atoms with van der Waals surface area (Å²) in [6.07, 6.45) is 13.3. The molecule has 0 aromatic carbocycles. The first-order valence-corrected chi connectivity index (χ1v) is 12.3. The molecule has 0 aliphatic heterocycles. The van der Waals surface area contributed by atoms with Crippen LogP contribution in [0.15, 0.2) is 0 Å². The van der Waals surface area contributed by atoms with Crippen LogP contribution in [0.2, 0.25) is 0 Å². The number of unbranched alkanes of at least 4 members (excludes halogenated alkanes) is 10. The zero-order chi connectivity index (χ0) is 20.3. The second-order valence-electron chi connectivity index (χ2n) is 6.10. The van der Waals surface area contributed by atoms with E-state index in [1.807, 2.05) is 0 Å². The summed E-state index contributed by atoms with van der Waals surface area (Å²) in [6.45, 7) is 4.84. The van der Waals surface area contributed by atoms with Crippen LogP contribution < -0.4 is 0 Å². The zero-order valence-corrected chi connectivity index (χ0v) is 21.5. The first-order chi connectivity index (χ1) is 12.1. The summed E-state index contributed by atoms with van der Waals surface area (Å²) >= 11 is 0.